The highest BCUT2D eigenvalue weighted by atomic mass is 19.1. The molecular formula is C17H25FN4O. The molecule has 2 aliphatic rings. The maximum atomic E-state index is 13.0. The lowest BCUT2D eigenvalue weighted by atomic mass is 10.1. The van der Waals surface area contributed by atoms with Crippen molar-refractivity contribution in [2.45, 2.75) is 25.4 Å². The minimum atomic E-state index is -0.220. The van der Waals surface area contributed by atoms with Crippen LogP contribution in [0.5, 0.6) is 0 Å². The summed E-state index contributed by atoms with van der Waals surface area (Å²) in [7, 11) is 0. The number of hydrogen-bond acceptors (Lipinski definition) is 3. The summed E-state index contributed by atoms with van der Waals surface area (Å²) in [5, 5.41) is 9.84. The van der Waals surface area contributed by atoms with E-state index in [0.29, 0.717) is 12.5 Å². The lowest BCUT2D eigenvalue weighted by Crippen LogP contribution is -2.51. The summed E-state index contributed by atoms with van der Waals surface area (Å²) in [5.74, 6) is 0.620. The molecule has 1 heterocycles. The molecule has 0 bridgehead atoms. The zero-order chi connectivity index (χ0) is 16.2. The van der Waals surface area contributed by atoms with Gasteiger partial charge in [0, 0.05) is 44.3 Å². The molecule has 126 valence electrons. The van der Waals surface area contributed by atoms with E-state index in [1.165, 1.54) is 12.1 Å². The smallest absolute Gasteiger partial charge is 0.191 e. The number of guanidine groups is 1. The van der Waals surface area contributed by atoms with Gasteiger partial charge in [-0.15, -0.1) is 0 Å². The molecule has 6 heteroatoms. The molecule has 3 N–H and O–H groups in total. The fraction of sp³-hybridized carbons (Fsp3) is 0.588. The van der Waals surface area contributed by atoms with Crippen LogP contribution >= 0.6 is 0 Å². The Morgan fingerprint density at radius 2 is 1.87 bits per heavy atom. The topological polar surface area (TPSA) is 65.1 Å². The largest absolute Gasteiger partial charge is 0.393 e. The molecule has 1 saturated heterocycles. The molecule has 0 spiro atoms. The van der Waals surface area contributed by atoms with E-state index in [1.807, 2.05) is 12.1 Å². The fourth-order valence-electron chi connectivity index (χ4n) is 3.39. The van der Waals surface area contributed by atoms with Crippen molar-refractivity contribution in [2.75, 3.05) is 37.6 Å². The van der Waals surface area contributed by atoms with E-state index >= 15 is 0 Å². The van der Waals surface area contributed by atoms with Gasteiger partial charge in [0.15, 0.2) is 5.96 Å². The summed E-state index contributed by atoms with van der Waals surface area (Å²) < 4.78 is 13.0. The zero-order valence-corrected chi connectivity index (χ0v) is 13.4. The molecule has 5 nitrogen and oxygen atoms in total. The molecule has 1 aromatic carbocycles. The number of hydrogen-bond donors (Lipinski definition) is 2. The van der Waals surface area contributed by atoms with Crippen molar-refractivity contribution >= 4 is 11.6 Å². The third-order valence-corrected chi connectivity index (χ3v) is 4.90. The standard InChI is InChI=1S/C17H25FN4O/c18-14-4-6-15(7-5-14)21-8-10-22(11-9-21)17(19)20-12-13-2-1-3-16(13)23/h4-7,13,16,23H,1-3,8-12H2,(H2,19,20)/t13-,16+/m1/s1. The lowest BCUT2D eigenvalue weighted by molar-refractivity contribution is 0.136. The zero-order valence-electron chi connectivity index (χ0n) is 13.4. The molecular weight excluding hydrogens is 295 g/mol. The van der Waals surface area contributed by atoms with Gasteiger partial charge in [-0.25, -0.2) is 4.39 Å². The van der Waals surface area contributed by atoms with E-state index < -0.39 is 0 Å². The van der Waals surface area contributed by atoms with Gasteiger partial charge in [-0.3, -0.25) is 4.99 Å². The molecule has 0 aromatic heterocycles. The molecule has 0 unspecified atom stereocenters. The van der Waals surface area contributed by atoms with Crippen LogP contribution in [0.15, 0.2) is 29.3 Å². The summed E-state index contributed by atoms with van der Waals surface area (Å²) in [5.41, 5.74) is 7.14. The molecule has 2 atom stereocenters. The maximum absolute atomic E-state index is 13.0. The van der Waals surface area contributed by atoms with E-state index in [1.54, 1.807) is 0 Å². The average Bonchev–Trinajstić information content (AvgIpc) is 2.99. The number of nitrogens with zero attached hydrogens (tertiary/aromatic N) is 3. The van der Waals surface area contributed by atoms with Crippen molar-refractivity contribution in [3.63, 3.8) is 0 Å². The third-order valence-electron chi connectivity index (χ3n) is 4.90. The van der Waals surface area contributed by atoms with Gasteiger partial charge in [0.05, 0.1) is 6.10 Å². The molecule has 3 rings (SSSR count). The van der Waals surface area contributed by atoms with Crippen LogP contribution in [-0.4, -0.2) is 54.8 Å². The van der Waals surface area contributed by atoms with Gasteiger partial charge in [-0.05, 0) is 37.1 Å². The Kier molecular flexibility index (Phi) is 5.00. The van der Waals surface area contributed by atoms with Gasteiger partial charge in [0.25, 0.3) is 0 Å². The van der Waals surface area contributed by atoms with E-state index in [0.717, 1.165) is 51.1 Å². The Balaban J connectivity index is 1.50. The number of aliphatic imine (C=N–C) groups is 1. The SMILES string of the molecule is NC(=NC[C@H]1CCC[C@@H]1O)N1CCN(c2ccc(F)cc2)CC1. The summed E-state index contributed by atoms with van der Waals surface area (Å²) in [6.07, 6.45) is 2.78. The van der Waals surface area contributed by atoms with Gasteiger partial charge in [0.1, 0.15) is 5.82 Å². The second kappa shape index (κ2) is 7.17. The molecule has 0 radical (unpaired) electrons. The van der Waals surface area contributed by atoms with Crippen LogP contribution in [0.1, 0.15) is 19.3 Å². The monoisotopic (exact) mass is 320 g/mol. The van der Waals surface area contributed by atoms with Gasteiger partial charge >= 0.3 is 0 Å². The van der Waals surface area contributed by atoms with E-state index in [9.17, 15) is 9.50 Å². The minimum absolute atomic E-state index is 0.210. The number of rotatable bonds is 3. The van der Waals surface area contributed by atoms with Crippen LogP contribution in [-0.2, 0) is 0 Å². The first kappa shape index (κ1) is 16.1. The molecule has 0 amide bonds. The summed E-state index contributed by atoms with van der Waals surface area (Å²) in [6.45, 7) is 3.91. The molecule has 1 saturated carbocycles. The van der Waals surface area contributed by atoms with Gasteiger partial charge in [0.2, 0.25) is 0 Å². The van der Waals surface area contributed by atoms with Gasteiger partial charge < -0.3 is 20.6 Å². The Hall–Kier alpha value is -1.82. The van der Waals surface area contributed by atoms with Crippen LogP contribution < -0.4 is 10.6 Å². The van der Waals surface area contributed by atoms with E-state index in [4.69, 9.17) is 5.73 Å². The number of aliphatic hydroxyl groups is 1. The summed E-state index contributed by atoms with van der Waals surface area (Å²) >= 11 is 0. The van der Waals surface area contributed by atoms with Crippen molar-refractivity contribution in [3.8, 4) is 0 Å². The van der Waals surface area contributed by atoms with Crippen LogP contribution in [0, 0.1) is 11.7 Å². The highest BCUT2D eigenvalue weighted by Crippen LogP contribution is 2.25. The molecule has 1 aliphatic heterocycles. The first-order valence-corrected chi connectivity index (χ1v) is 8.37. The number of benzene rings is 1. The predicted octanol–water partition coefficient (Wildman–Crippen LogP) is 1.42. The first-order valence-electron chi connectivity index (χ1n) is 8.37. The van der Waals surface area contributed by atoms with Gasteiger partial charge in [-0.2, -0.15) is 0 Å². The van der Waals surface area contributed by atoms with Crippen LogP contribution in [0.4, 0.5) is 10.1 Å². The number of nitrogens with two attached hydrogens (primary N) is 1. The average molecular weight is 320 g/mol. The summed E-state index contributed by atoms with van der Waals surface area (Å²) in [4.78, 5) is 8.79. The lowest BCUT2D eigenvalue weighted by Gasteiger charge is -2.36. The van der Waals surface area contributed by atoms with Crippen molar-refractivity contribution in [2.24, 2.45) is 16.6 Å². The first-order chi connectivity index (χ1) is 11.1. The predicted molar refractivity (Wildman–Crippen MR) is 90.0 cm³/mol. The second-order valence-corrected chi connectivity index (χ2v) is 6.41. The molecule has 2 fully saturated rings. The third kappa shape index (κ3) is 3.93. The highest BCUT2D eigenvalue weighted by molar-refractivity contribution is 5.78. The van der Waals surface area contributed by atoms with Crippen molar-refractivity contribution in [3.05, 3.63) is 30.1 Å². The van der Waals surface area contributed by atoms with Crippen LogP contribution in [0.2, 0.25) is 0 Å². The second-order valence-electron chi connectivity index (χ2n) is 6.41. The number of anilines is 1. The molecule has 1 aliphatic carbocycles. The van der Waals surface area contributed by atoms with Gasteiger partial charge in [-0.1, -0.05) is 6.42 Å². The number of aliphatic hydroxyl groups excluding tert-OH is 1. The van der Waals surface area contributed by atoms with Crippen molar-refractivity contribution in [1.82, 2.24) is 4.90 Å². The maximum Gasteiger partial charge on any atom is 0.191 e. The quantitative estimate of drug-likeness (QED) is 0.653. The Morgan fingerprint density at radius 1 is 1.17 bits per heavy atom. The normalized spacial score (nSPS) is 25.9. The van der Waals surface area contributed by atoms with Crippen molar-refractivity contribution < 1.29 is 9.50 Å². The van der Waals surface area contributed by atoms with E-state index in [2.05, 4.69) is 14.8 Å². The minimum Gasteiger partial charge on any atom is -0.393 e. The Labute approximate surface area is 136 Å². The van der Waals surface area contributed by atoms with Crippen LogP contribution in [0.25, 0.3) is 0 Å². The Bertz CT molecular complexity index is 540. The van der Waals surface area contributed by atoms with Crippen LogP contribution in [0.3, 0.4) is 0 Å². The number of halogens is 1. The molecule has 23 heavy (non-hydrogen) atoms. The van der Waals surface area contributed by atoms with Crippen molar-refractivity contribution in [1.29, 1.82) is 0 Å². The van der Waals surface area contributed by atoms with E-state index in [-0.39, 0.29) is 17.8 Å². The fourth-order valence-corrected chi connectivity index (χ4v) is 3.39. The summed E-state index contributed by atoms with van der Waals surface area (Å²) in [6, 6.07) is 6.60. The molecule has 1 aromatic rings. The Morgan fingerprint density at radius 3 is 2.48 bits per heavy atom. The highest BCUT2D eigenvalue weighted by Gasteiger charge is 2.25. The number of piperazine rings is 1.